The second-order valence-corrected chi connectivity index (χ2v) is 4.75. The maximum absolute atomic E-state index is 11.9. The van der Waals surface area contributed by atoms with Gasteiger partial charge in [-0.25, -0.2) is 5.43 Å². The Hall–Kier alpha value is -2.53. The van der Waals surface area contributed by atoms with Crippen molar-refractivity contribution in [1.82, 2.24) is 5.43 Å². The fraction of sp³-hybridized carbons (Fsp3) is 0.125. The predicted octanol–water partition coefficient (Wildman–Crippen LogP) is 3.12. The molecular formula is C16H15ClN2O3. The van der Waals surface area contributed by atoms with Gasteiger partial charge in [0.1, 0.15) is 11.5 Å². The molecule has 2 aromatic rings. The third-order valence-corrected chi connectivity index (χ3v) is 3.13. The Morgan fingerprint density at radius 2 is 2.00 bits per heavy atom. The number of halogens is 1. The molecule has 0 aromatic heterocycles. The van der Waals surface area contributed by atoms with Crippen LogP contribution in [0, 0.1) is 0 Å². The van der Waals surface area contributed by atoms with Gasteiger partial charge in [-0.3, -0.25) is 4.79 Å². The van der Waals surface area contributed by atoms with E-state index in [2.05, 4.69) is 10.5 Å². The number of nitrogens with zero attached hydrogens (tertiary/aromatic N) is 1. The Kier molecular flexibility index (Phi) is 5.38. The van der Waals surface area contributed by atoms with E-state index < -0.39 is 0 Å². The first-order valence-corrected chi connectivity index (χ1v) is 6.83. The van der Waals surface area contributed by atoms with Gasteiger partial charge < -0.3 is 9.47 Å². The lowest BCUT2D eigenvalue weighted by molar-refractivity contribution is 0.0955. The van der Waals surface area contributed by atoms with Crippen molar-refractivity contribution in [3.63, 3.8) is 0 Å². The van der Waals surface area contributed by atoms with Crippen LogP contribution in [0.15, 0.2) is 47.6 Å². The molecule has 6 heteroatoms. The molecule has 0 aliphatic carbocycles. The maximum Gasteiger partial charge on any atom is 0.271 e. The average molecular weight is 319 g/mol. The lowest BCUT2D eigenvalue weighted by Crippen LogP contribution is -2.17. The quantitative estimate of drug-likeness (QED) is 0.680. The minimum Gasteiger partial charge on any atom is -0.497 e. The Morgan fingerprint density at radius 1 is 1.18 bits per heavy atom. The summed E-state index contributed by atoms with van der Waals surface area (Å²) >= 11 is 5.84. The van der Waals surface area contributed by atoms with E-state index in [0.717, 1.165) is 5.56 Å². The number of carbonyl (C=O) groups excluding carboxylic acids is 1. The second kappa shape index (κ2) is 7.47. The summed E-state index contributed by atoms with van der Waals surface area (Å²) in [5.74, 6) is 0.934. The number of rotatable bonds is 5. The number of ether oxygens (including phenoxy) is 2. The van der Waals surface area contributed by atoms with Gasteiger partial charge in [-0.1, -0.05) is 17.7 Å². The Labute approximate surface area is 133 Å². The lowest BCUT2D eigenvalue weighted by Gasteiger charge is -2.07. The smallest absolute Gasteiger partial charge is 0.271 e. The fourth-order valence-corrected chi connectivity index (χ4v) is 1.97. The van der Waals surface area contributed by atoms with Crippen molar-refractivity contribution < 1.29 is 14.3 Å². The van der Waals surface area contributed by atoms with Gasteiger partial charge >= 0.3 is 0 Å². The molecule has 2 aromatic carbocycles. The highest BCUT2D eigenvalue weighted by Gasteiger charge is 2.05. The van der Waals surface area contributed by atoms with Crippen LogP contribution >= 0.6 is 11.6 Å². The number of hydrogen-bond donors (Lipinski definition) is 1. The number of amides is 1. The van der Waals surface area contributed by atoms with Gasteiger partial charge in [-0.15, -0.1) is 0 Å². The van der Waals surface area contributed by atoms with E-state index in [-0.39, 0.29) is 5.91 Å². The first-order valence-electron chi connectivity index (χ1n) is 6.45. The standard InChI is InChI=1S/C16H15ClN2O3/c1-21-14-7-6-12(15(9-14)22-2)10-18-19-16(20)11-4-3-5-13(17)8-11/h3-10H,1-2H3,(H,19,20)/b18-10+. The van der Waals surface area contributed by atoms with E-state index in [4.69, 9.17) is 21.1 Å². The predicted molar refractivity (Wildman–Crippen MR) is 86.1 cm³/mol. The van der Waals surface area contributed by atoms with Crippen LogP contribution in [0.4, 0.5) is 0 Å². The van der Waals surface area contributed by atoms with Crippen molar-refractivity contribution in [2.24, 2.45) is 5.10 Å². The van der Waals surface area contributed by atoms with Gasteiger partial charge in [0.15, 0.2) is 0 Å². The number of hydrogen-bond acceptors (Lipinski definition) is 4. The SMILES string of the molecule is COc1ccc(/C=N/NC(=O)c2cccc(Cl)c2)c(OC)c1. The summed E-state index contributed by atoms with van der Waals surface area (Å²) in [6.45, 7) is 0. The summed E-state index contributed by atoms with van der Waals surface area (Å²) in [6, 6.07) is 11.9. The molecule has 5 nitrogen and oxygen atoms in total. The summed E-state index contributed by atoms with van der Waals surface area (Å²) < 4.78 is 10.4. The molecule has 0 aliphatic heterocycles. The van der Waals surface area contributed by atoms with Gasteiger partial charge in [0.2, 0.25) is 0 Å². The molecule has 0 fully saturated rings. The molecule has 0 saturated heterocycles. The molecular weight excluding hydrogens is 304 g/mol. The van der Waals surface area contributed by atoms with Crippen LogP contribution in [0.1, 0.15) is 15.9 Å². The first-order chi connectivity index (χ1) is 10.6. The fourth-order valence-electron chi connectivity index (χ4n) is 1.78. The van der Waals surface area contributed by atoms with Crippen LogP contribution in [0.25, 0.3) is 0 Å². The van der Waals surface area contributed by atoms with Crippen LogP contribution in [0.2, 0.25) is 5.02 Å². The van der Waals surface area contributed by atoms with Crippen molar-refractivity contribution in [1.29, 1.82) is 0 Å². The van der Waals surface area contributed by atoms with Gasteiger partial charge in [0.25, 0.3) is 5.91 Å². The van der Waals surface area contributed by atoms with E-state index in [1.54, 1.807) is 56.7 Å². The summed E-state index contributed by atoms with van der Waals surface area (Å²) in [5, 5.41) is 4.42. The number of benzene rings is 2. The van der Waals surface area contributed by atoms with E-state index in [1.165, 1.54) is 6.21 Å². The van der Waals surface area contributed by atoms with Crippen LogP contribution in [0.3, 0.4) is 0 Å². The Balaban J connectivity index is 2.08. The summed E-state index contributed by atoms with van der Waals surface area (Å²) in [5.41, 5.74) is 3.59. The number of hydrazone groups is 1. The van der Waals surface area contributed by atoms with Crippen LogP contribution in [-0.2, 0) is 0 Å². The lowest BCUT2D eigenvalue weighted by atomic mass is 10.2. The minimum absolute atomic E-state index is 0.341. The van der Waals surface area contributed by atoms with Crippen molar-refractivity contribution in [2.45, 2.75) is 0 Å². The average Bonchev–Trinajstić information content (AvgIpc) is 2.54. The first kappa shape index (κ1) is 15.9. The van der Waals surface area contributed by atoms with E-state index in [1.807, 2.05) is 0 Å². The Bertz CT molecular complexity index is 702. The molecule has 2 rings (SSSR count). The molecule has 1 N–H and O–H groups in total. The van der Waals surface area contributed by atoms with Crippen LogP contribution in [0.5, 0.6) is 11.5 Å². The summed E-state index contributed by atoms with van der Waals surface area (Å²) in [4.78, 5) is 11.9. The van der Waals surface area contributed by atoms with E-state index >= 15 is 0 Å². The molecule has 22 heavy (non-hydrogen) atoms. The zero-order valence-electron chi connectivity index (χ0n) is 12.2. The number of methoxy groups -OCH3 is 2. The minimum atomic E-state index is -0.341. The van der Waals surface area contributed by atoms with E-state index in [0.29, 0.717) is 22.1 Å². The van der Waals surface area contributed by atoms with Gasteiger partial charge in [0.05, 0.1) is 20.4 Å². The molecule has 0 saturated carbocycles. The monoisotopic (exact) mass is 318 g/mol. The molecule has 0 radical (unpaired) electrons. The number of carbonyl (C=O) groups is 1. The van der Waals surface area contributed by atoms with Gasteiger partial charge in [-0.2, -0.15) is 5.10 Å². The summed E-state index contributed by atoms with van der Waals surface area (Å²) in [6.07, 6.45) is 1.50. The molecule has 1 amide bonds. The maximum atomic E-state index is 11.9. The van der Waals surface area contributed by atoms with Gasteiger partial charge in [0, 0.05) is 22.2 Å². The van der Waals surface area contributed by atoms with Crippen LogP contribution < -0.4 is 14.9 Å². The van der Waals surface area contributed by atoms with Crippen LogP contribution in [-0.4, -0.2) is 26.3 Å². The number of nitrogens with one attached hydrogen (secondary N) is 1. The summed E-state index contributed by atoms with van der Waals surface area (Å²) in [7, 11) is 3.13. The van der Waals surface area contributed by atoms with Crippen molar-refractivity contribution in [3.8, 4) is 11.5 Å². The highest BCUT2D eigenvalue weighted by Crippen LogP contribution is 2.23. The topological polar surface area (TPSA) is 59.9 Å². The van der Waals surface area contributed by atoms with Crippen molar-refractivity contribution in [2.75, 3.05) is 14.2 Å². The largest absolute Gasteiger partial charge is 0.497 e. The molecule has 0 heterocycles. The highest BCUT2D eigenvalue weighted by molar-refractivity contribution is 6.30. The molecule has 0 spiro atoms. The molecule has 0 atom stereocenters. The molecule has 0 aliphatic rings. The van der Waals surface area contributed by atoms with E-state index in [9.17, 15) is 4.79 Å². The zero-order chi connectivity index (χ0) is 15.9. The molecule has 0 unspecified atom stereocenters. The Morgan fingerprint density at radius 3 is 2.68 bits per heavy atom. The molecule has 0 bridgehead atoms. The molecule has 114 valence electrons. The van der Waals surface area contributed by atoms with Crippen molar-refractivity contribution >= 4 is 23.7 Å². The van der Waals surface area contributed by atoms with Crippen molar-refractivity contribution in [3.05, 3.63) is 58.6 Å². The zero-order valence-corrected chi connectivity index (χ0v) is 12.9. The third-order valence-electron chi connectivity index (χ3n) is 2.90. The second-order valence-electron chi connectivity index (χ2n) is 4.32. The highest BCUT2D eigenvalue weighted by atomic mass is 35.5. The third kappa shape index (κ3) is 3.99. The van der Waals surface area contributed by atoms with Gasteiger partial charge in [-0.05, 0) is 30.3 Å². The normalized spacial score (nSPS) is 10.5.